The van der Waals surface area contributed by atoms with Crippen molar-refractivity contribution in [3.63, 3.8) is 0 Å². The standard InChI is InChI=1S/C60H47N/c1-3-4-5-6-7-8-9-10-11-12-13-27-14-16-28(17-15-27)59-60-25-35-23-33-21-30-18-29-19-32-20-31-22-34-24-36(37(60)26-61(59)2)45-50-41(34)40(31)47-42(32)46-38(29)39(30)48-43(33)49-44(35)58(60)57(45)56-54(49)52(48)51(46)53(47)55(50)56/h14-18,20-21,23-25,37,58-59H,3-13,19,22,26H2,1-2H3. The van der Waals surface area contributed by atoms with Gasteiger partial charge in [-0.25, -0.2) is 0 Å². The Bertz CT molecular complexity index is 4030. The molecule has 0 aromatic heterocycles. The van der Waals surface area contributed by atoms with Crippen molar-refractivity contribution in [1.29, 1.82) is 0 Å². The van der Waals surface area contributed by atoms with E-state index in [9.17, 15) is 0 Å². The van der Waals surface area contributed by atoms with E-state index in [1.807, 2.05) is 0 Å². The number of benzene rings is 8. The number of likely N-dealkylation sites (tertiary alicyclic amines) is 1. The molecule has 12 aromatic rings. The molecular weight excluding hydrogens is 735 g/mol. The number of likely N-dealkylation sites (N-methyl/N-ethyl adjacent to an activating group) is 1. The molecule has 0 amide bonds. The lowest BCUT2D eigenvalue weighted by atomic mass is 9.55. The molecule has 6 aliphatic rings. The van der Waals surface area contributed by atoms with Crippen molar-refractivity contribution >= 4 is 114 Å². The summed E-state index contributed by atoms with van der Waals surface area (Å²) < 4.78 is 0. The summed E-state index contributed by atoms with van der Waals surface area (Å²) in [5.41, 5.74) is 14.5. The van der Waals surface area contributed by atoms with Crippen molar-refractivity contribution in [1.82, 2.24) is 4.90 Å². The number of rotatable bonds is 12. The normalized spacial score (nSPS) is 23.1. The second-order valence-corrected chi connectivity index (χ2v) is 21.7. The molecule has 0 radical (unpaired) electrons. The molecule has 1 spiro atoms. The van der Waals surface area contributed by atoms with Gasteiger partial charge < -0.3 is 0 Å². The Hall–Kier alpha value is -5.24. The van der Waals surface area contributed by atoms with E-state index in [4.69, 9.17) is 0 Å². The number of hydrogen-bond donors (Lipinski definition) is 0. The van der Waals surface area contributed by atoms with E-state index >= 15 is 0 Å². The maximum atomic E-state index is 2.90. The summed E-state index contributed by atoms with van der Waals surface area (Å²) in [5.74, 6) is 0.829. The lowest BCUT2D eigenvalue weighted by molar-refractivity contribution is 0.217. The molecular formula is C60H47N. The summed E-state index contributed by atoms with van der Waals surface area (Å²) in [5, 5.41) is 34.0. The summed E-state index contributed by atoms with van der Waals surface area (Å²) >= 11 is 0. The Morgan fingerprint density at radius 1 is 0.508 bits per heavy atom. The molecule has 4 atom stereocenters. The van der Waals surface area contributed by atoms with Crippen molar-refractivity contribution in [2.45, 2.75) is 108 Å². The van der Waals surface area contributed by atoms with Gasteiger partial charge in [0, 0.05) is 29.8 Å². The monoisotopic (exact) mass is 781 g/mol. The van der Waals surface area contributed by atoms with Gasteiger partial charge in [-0.15, -0.1) is 0 Å². The van der Waals surface area contributed by atoms with E-state index in [-0.39, 0.29) is 5.41 Å². The van der Waals surface area contributed by atoms with Gasteiger partial charge in [0.15, 0.2) is 0 Å². The molecule has 18 rings (SSSR count). The third kappa shape index (κ3) is 3.04. The van der Waals surface area contributed by atoms with Crippen LogP contribution in [-0.4, -0.2) is 18.5 Å². The number of aryl methyl sites for hydroxylation is 1. The predicted molar refractivity (Wildman–Crippen MR) is 258 cm³/mol. The fourth-order valence-corrected chi connectivity index (χ4v) is 17.4. The highest BCUT2D eigenvalue weighted by molar-refractivity contribution is 6.62. The van der Waals surface area contributed by atoms with Gasteiger partial charge in [0.2, 0.25) is 0 Å². The van der Waals surface area contributed by atoms with Crippen molar-refractivity contribution < 1.29 is 0 Å². The van der Waals surface area contributed by atoms with Crippen molar-refractivity contribution in [3.05, 3.63) is 110 Å². The van der Waals surface area contributed by atoms with Crippen LogP contribution in [0.1, 0.15) is 139 Å². The van der Waals surface area contributed by atoms with Gasteiger partial charge in [0.25, 0.3) is 0 Å². The van der Waals surface area contributed by atoms with Crippen LogP contribution in [0.2, 0.25) is 0 Å². The minimum Gasteiger partial charge on any atom is -0.298 e. The highest BCUT2D eigenvalue weighted by Crippen LogP contribution is 2.76. The highest BCUT2D eigenvalue weighted by Gasteiger charge is 2.64. The van der Waals surface area contributed by atoms with E-state index in [1.54, 1.807) is 141 Å². The van der Waals surface area contributed by atoms with Crippen LogP contribution in [0, 0.1) is 5.41 Å². The van der Waals surface area contributed by atoms with Crippen molar-refractivity contribution in [2.24, 2.45) is 5.41 Å². The summed E-state index contributed by atoms with van der Waals surface area (Å²) in [6, 6.07) is 23.9. The molecule has 4 unspecified atom stereocenters. The van der Waals surface area contributed by atoms with Crippen LogP contribution in [0.5, 0.6) is 0 Å². The van der Waals surface area contributed by atoms with E-state index in [0.29, 0.717) is 17.9 Å². The molecule has 12 aromatic carbocycles. The van der Waals surface area contributed by atoms with E-state index in [2.05, 4.69) is 79.5 Å². The zero-order valence-electron chi connectivity index (χ0n) is 35.4. The molecule has 0 saturated carbocycles. The molecule has 1 saturated heterocycles. The fourth-order valence-electron chi connectivity index (χ4n) is 17.4. The van der Waals surface area contributed by atoms with Crippen LogP contribution < -0.4 is 5.22 Å². The zero-order chi connectivity index (χ0) is 39.1. The topological polar surface area (TPSA) is 3.24 Å². The second kappa shape index (κ2) is 9.85. The summed E-state index contributed by atoms with van der Waals surface area (Å²) in [7, 11) is 2.47. The van der Waals surface area contributed by atoms with E-state index in [1.165, 1.54) is 92.5 Å². The number of hydrogen-bond acceptors (Lipinski definition) is 1. The van der Waals surface area contributed by atoms with Gasteiger partial charge in [-0.3, -0.25) is 4.90 Å². The Morgan fingerprint density at radius 3 is 1.80 bits per heavy atom. The van der Waals surface area contributed by atoms with Gasteiger partial charge in [-0.05, 0) is 208 Å². The maximum absolute atomic E-state index is 2.90. The van der Waals surface area contributed by atoms with Gasteiger partial charge in [0.1, 0.15) is 0 Å². The Labute approximate surface area is 354 Å². The first-order valence-electron chi connectivity index (χ1n) is 24.5. The lowest BCUT2D eigenvalue weighted by Crippen LogP contribution is -2.37. The van der Waals surface area contributed by atoms with Crippen LogP contribution in [0.15, 0.2) is 54.6 Å². The van der Waals surface area contributed by atoms with Crippen LogP contribution in [0.3, 0.4) is 0 Å². The molecule has 0 N–H and O–H groups in total. The quantitative estimate of drug-likeness (QED) is 0.0881. The smallest absolute Gasteiger partial charge is 0.0451 e. The maximum Gasteiger partial charge on any atom is 0.0451 e. The molecule has 1 aliphatic heterocycles. The summed E-state index contributed by atoms with van der Waals surface area (Å²) in [4.78, 5) is 2.80. The zero-order valence-corrected chi connectivity index (χ0v) is 35.4. The van der Waals surface area contributed by atoms with Crippen LogP contribution >= 0.6 is 0 Å². The minimum atomic E-state index is -0.0339. The molecule has 1 heterocycles. The Kier molecular flexibility index (Phi) is 5.10. The average Bonchev–Trinajstić information content (AvgIpc) is 4.12. The largest absolute Gasteiger partial charge is 0.298 e. The number of nitrogens with zero attached hydrogens (tertiary/aromatic N) is 1. The van der Waals surface area contributed by atoms with Crippen LogP contribution in [0.25, 0.3) is 114 Å². The molecule has 292 valence electrons. The lowest BCUT2D eigenvalue weighted by Gasteiger charge is -2.46. The Balaban J connectivity index is 0.872. The van der Waals surface area contributed by atoms with Gasteiger partial charge >= 0.3 is 0 Å². The van der Waals surface area contributed by atoms with Gasteiger partial charge in [0.05, 0.1) is 0 Å². The first-order chi connectivity index (χ1) is 30.2. The first-order valence-corrected chi connectivity index (χ1v) is 24.5. The fraction of sp³-hybridized carbons (Fsp3) is 0.333. The SMILES string of the molecule is CCCCCCCCCCCCc1ccc(C2N(C)CC3c4cc5c6c7c(cc8c9c7c7c%10c%11c(c4c6%10)C4c6c(cc%10cc%12cc(c%13c%12c%12c%10c6c%11c%12c7c%139)C8)=CC342)C5)cc1. The summed E-state index contributed by atoms with van der Waals surface area (Å²) in [6.07, 6.45) is 20.2. The molecule has 1 fully saturated rings. The second-order valence-electron chi connectivity index (χ2n) is 21.7. The van der Waals surface area contributed by atoms with Gasteiger partial charge in [-0.1, -0.05) is 113 Å². The minimum absolute atomic E-state index is 0.0339. The van der Waals surface area contributed by atoms with Crippen molar-refractivity contribution in [3.8, 4) is 0 Å². The van der Waals surface area contributed by atoms with E-state index < -0.39 is 0 Å². The number of fused-ring (bicyclic) bond motifs is 1. The highest BCUT2D eigenvalue weighted by atomic mass is 15.2. The van der Waals surface area contributed by atoms with Crippen LogP contribution in [0.4, 0.5) is 0 Å². The molecule has 5 aliphatic carbocycles. The van der Waals surface area contributed by atoms with E-state index in [0.717, 1.165) is 19.4 Å². The van der Waals surface area contributed by atoms with Gasteiger partial charge in [-0.2, -0.15) is 0 Å². The van der Waals surface area contributed by atoms with Crippen LogP contribution in [-0.2, 0) is 19.3 Å². The third-order valence-corrected chi connectivity index (χ3v) is 19.1. The third-order valence-electron chi connectivity index (χ3n) is 19.1. The molecule has 1 nitrogen and oxygen atoms in total. The average molecular weight is 782 g/mol. The molecule has 0 bridgehead atoms. The predicted octanol–water partition coefficient (Wildman–Crippen LogP) is 14.8. The summed E-state index contributed by atoms with van der Waals surface area (Å²) in [6.45, 7) is 3.43. The Morgan fingerprint density at radius 2 is 1.05 bits per heavy atom. The first kappa shape index (κ1) is 31.6. The molecule has 1 heteroatoms. The van der Waals surface area contributed by atoms with Crippen molar-refractivity contribution in [2.75, 3.05) is 13.6 Å². The number of unbranched alkanes of at least 4 members (excludes halogenated alkanes) is 9. The molecule has 61 heavy (non-hydrogen) atoms.